The minimum absolute atomic E-state index is 0.0238. The van der Waals surface area contributed by atoms with Gasteiger partial charge in [-0.3, -0.25) is 4.79 Å². The first-order valence-corrected chi connectivity index (χ1v) is 4.81. The molecule has 1 aliphatic heterocycles. The number of likely N-dealkylation sites (tertiary alicyclic amines) is 1. The Balaban J connectivity index is 2.56. The number of rotatable bonds is 4. The second kappa shape index (κ2) is 5.02. The Kier molecular flexibility index (Phi) is 3.96. The Morgan fingerprint density at radius 1 is 1.77 bits per heavy atom. The molecule has 0 bridgehead atoms. The molecule has 74 valence electrons. The van der Waals surface area contributed by atoms with Crippen LogP contribution in [0.15, 0.2) is 12.7 Å². The minimum Gasteiger partial charge on any atom is -0.359 e. The fourth-order valence-electron chi connectivity index (χ4n) is 1.61. The van der Waals surface area contributed by atoms with Gasteiger partial charge >= 0.3 is 0 Å². The molecule has 0 aromatic carbocycles. The van der Waals surface area contributed by atoms with E-state index in [0.717, 1.165) is 12.8 Å². The van der Waals surface area contributed by atoms with Crippen molar-refractivity contribution in [2.45, 2.75) is 32.4 Å². The van der Waals surface area contributed by atoms with E-state index in [1.807, 2.05) is 6.92 Å². The molecule has 1 aliphatic rings. The molecule has 0 spiro atoms. The average molecular weight is 183 g/mol. The molecule has 1 unspecified atom stereocenters. The van der Waals surface area contributed by atoms with E-state index in [0.29, 0.717) is 19.6 Å². The van der Waals surface area contributed by atoms with Crippen molar-refractivity contribution < 1.29 is 9.53 Å². The summed E-state index contributed by atoms with van der Waals surface area (Å²) in [5.41, 5.74) is 0. The van der Waals surface area contributed by atoms with Crippen LogP contribution in [0.2, 0.25) is 0 Å². The molecule has 13 heavy (non-hydrogen) atoms. The molecule has 1 saturated heterocycles. The highest BCUT2D eigenvalue weighted by atomic mass is 16.5. The van der Waals surface area contributed by atoms with E-state index < -0.39 is 0 Å². The number of carbonyl (C=O) groups excluding carboxylic acids is 1. The lowest BCUT2D eigenvalue weighted by molar-refractivity contribution is -0.151. The quantitative estimate of drug-likeness (QED) is 0.619. The molecule has 0 N–H and O–H groups in total. The highest BCUT2D eigenvalue weighted by Crippen LogP contribution is 2.18. The van der Waals surface area contributed by atoms with Gasteiger partial charge in [-0.05, 0) is 19.8 Å². The van der Waals surface area contributed by atoms with E-state index in [1.54, 1.807) is 11.0 Å². The van der Waals surface area contributed by atoms with Crippen LogP contribution in [0.4, 0.5) is 0 Å². The molecule has 0 aromatic rings. The largest absolute Gasteiger partial charge is 0.359 e. The summed E-state index contributed by atoms with van der Waals surface area (Å²) in [4.78, 5) is 13.2. The molecule has 1 rings (SSSR count). The van der Waals surface area contributed by atoms with Crippen LogP contribution < -0.4 is 0 Å². The summed E-state index contributed by atoms with van der Waals surface area (Å²) in [6.07, 6.45) is 4.27. The number of amides is 1. The lowest BCUT2D eigenvalue weighted by Gasteiger charge is -2.34. The maximum Gasteiger partial charge on any atom is 0.224 e. The molecule has 0 aromatic heterocycles. The van der Waals surface area contributed by atoms with Gasteiger partial charge < -0.3 is 9.64 Å². The van der Waals surface area contributed by atoms with Crippen LogP contribution in [0.5, 0.6) is 0 Å². The normalized spacial score (nSPS) is 23.3. The van der Waals surface area contributed by atoms with E-state index in [-0.39, 0.29) is 12.1 Å². The zero-order valence-corrected chi connectivity index (χ0v) is 8.16. The Labute approximate surface area is 79.4 Å². The number of carbonyl (C=O) groups is 1. The third-order valence-electron chi connectivity index (χ3n) is 2.19. The highest BCUT2D eigenvalue weighted by Gasteiger charge is 2.26. The molecule has 1 amide bonds. The minimum atomic E-state index is -0.0238. The molecule has 1 heterocycles. The summed E-state index contributed by atoms with van der Waals surface area (Å²) >= 11 is 0. The first-order chi connectivity index (χ1) is 6.29. The van der Waals surface area contributed by atoms with E-state index in [1.165, 1.54) is 0 Å². The van der Waals surface area contributed by atoms with Crippen molar-refractivity contribution in [1.82, 2.24) is 4.90 Å². The van der Waals surface area contributed by atoms with Gasteiger partial charge in [0.25, 0.3) is 0 Å². The smallest absolute Gasteiger partial charge is 0.224 e. The summed E-state index contributed by atoms with van der Waals surface area (Å²) in [7, 11) is 0. The number of nitrogens with zero attached hydrogens (tertiary/aromatic N) is 1. The molecule has 3 nitrogen and oxygen atoms in total. The lowest BCUT2D eigenvalue weighted by atomic mass is 10.1. The van der Waals surface area contributed by atoms with Crippen molar-refractivity contribution >= 4 is 5.91 Å². The van der Waals surface area contributed by atoms with Crippen molar-refractivity contribution in [1.29, 1.82) is 0 Å². The summed E-state index contributed by atoms with van der Waals surface area (Å²) in [5.74, 6) is 0.185. The van der Waals surface area contributed by atoms with Crippen LogP contribution in [0, 0.1) is 0 Å². The van der Waals surface area contributed by atoms with Crippen molar-refractivity contribution in [2.75, 3.05) is 13.2 Å². The van der Waals surface area contributed by atoms with Gasteiger partial charge in [-0.15, -0.1) is 6.58 Å². The van der Waals surface area contributed by atoms with Gasteiger partial charge in [-0.25, -0.2) is 0 Å². The van der Waals surface area contributed by atoms with Gasteiger partial charge in [-0.2, -0.15) is 0 Å². The van der Waals surface area contributed by atoms with Gasteiger partial charge in [0.15, 0.2) is 0 Å². The number of piperidine rings is 1. The monoisotopic (exact) mass is 183 g/mol. The molecule has 3 heteroatoms. The summed E-state index contributed by atoms with van der Waals surface area (Å²) in [6, 6.07) is 0. The first kappa shape index (κ1) is 10.3. The van der Waals surface area contributed by atoms with Crippen LogP contribution in [0.3, 0.4) is 0 Å². The van der Waals surface area contributed by atoms with E-state index in [9.17, 15) is 4.79 Å². The van der Waals surface area contributed by atoms with E-state index in [4.69, 9.17) is 4.74 Å². The van der Waals surface area contributed by atoms with Crippen LogP contribution >= 0.6 is 0 Å². The zero-order valence-electron chi connectivity index (χ0n) is 8.16. The van der Waals surface area contributed by atoms with E-state index in [2.05, 4.69) is 6.58 Å². The molecule has 1 atom stereocenters. The van der Waals surface area contributed by atoms with Crippen LogP contribution in [-0.4, -0.2) is 30.2 Å². The molecule has 1 fully saturated rings. The maximum absolute atomic E-state index is 11.5. The van der Waals surface area contributed by atoms with Gasteiger partial charge in [0, 0.05) is 19.6 Å². The summed E-state index contributed by atoms with van der Waals surface area (Å²) in [5, 5.41) is 0. The second-order valence-corrected chi connectivity index (χ2v) is 3.14. The second-order valence-electron chi connectivity index (χ2n) is 3.14. The molecule has 0 aliphatic carbocycles. The van der Waals surface area contributed by atoms with Gasteiger partial charge in [-0.1, -0.05) is 6.08 Å². The molecule has 0 radical (unpaired) electrons. The van der Waals surface area contributed by atoms with Crippen molar-refractivity contribution in [3.05, 3.63) is 12.7 Å². The number of ether oxygens (including phenoxy) is 1. The Morgan fingerprint density at radius 3 is 3.15 bits per heavy atom. The molecule has 0 saturated carbocycles. The Bertz CT molecular complexity index is 189. The van der Waals surface area contributed by atoms with Crippen LogP contribution in [-0.2, 0) is 9.53 Å². The number of hydrogen-bond acceptors (Lipinski definition) is 2. The van der Waals surface area contributed by atoms with Crippen molar-refractivity contribution in [2.24, 2.45) is 0 Å². The fraction of sp³-hybridized carbons (Fsp3) is 0.700. The van der Waals surface area contributed by atoms with Gasteiger partial charge in [0.1, 0.15) is 6.23 Å². The first-order valence-electron chi connectivity index (χ1n) is 4.81. The predicted octanol–water partition coefficient (Wildman–Crippen LogP) is 1.55. The number of hydrogen-bond donors (Lipinski definition) is 0. The Hall–Kier alpha value is -0.830. The average Bonchev–Trinajstić information content (AvgIpc) is 2.11. The molecular formula is C10H17NO2. The fourth-order valence-corrected chi connectivity index (χ4v) is 1.61. The third-order valence-corrected chi connectivity index (χ3v) is 2.19. The third kappa shape index (κ3) is 2.56. The summed E-state index contributed by atoms with van der Waals surface area (Å²) in [6.45, 7) is 6.84. The maximum atomic E-state index is 11.5. The standard InChI is InChI=1S/C10H17NO2/c1-3-8-11-9(12)6-5-7-10(11)13-4-2/h3,10H,1,4-8H2,2H3. The van der Waals surface area contributed by atoms with Crippen LogP contribution in [0.25, 0.3) is 0 Å². The van der Waals surface area contributed by atoms with Gasteiger partial charge in [0.05, 0.1) is 0 Å². The highest BCUT2D eigenvalue weighted by molar-refractivity contribution is 5.77. The SMILES string of the molecule is C=CCN1C(=O)CCCC1OCC. The lowest BCUT2D eigenvalue weighted by Crippen LogP contribution is -2.45. The Morgan fingerprint density at radius 2 is 2.54 bits per heavy atom. The van der Waals surface area contributed by atoms with Crippen molar-refractivity contribution in [3.63, 3.8) is 0 Å². The topological polar surface area (TPSA) is 29.5 Å². The predicted molar refractivity (Wildman–Crippen MR) is 51.2 cm³/mol. The van der Waals surface area contributed by atoms with Crippen molar-refractivity contribution in [3.8, 4) is 0 Å². The van der Waals surface area contributed by atoms with Crippen LogP contribution in [0.1, 0.15) is 26.2 Å². The van der Waals surface area contributed by atoms with Gasteiger partial charge in [0.2, 0.25) is 5.91 Å². The van der Waals surface area contributed by atoms with E-state index >= 15 is 0 Å². The summed E-state index contributed by atoms with van der Waals surface area (Å²) < 4.78 is 5.48. The zero-order chi connectivity index (χ0) is 9.68. The molecular weight excluding hydrogens is 166 g/mol.